The Labute approximate surface area is 85.2 Å². The number of hydrogen-bond donors (Lipinski definition) is 1. The van der Waals surface area contributed by atoms with Gasteiger partial charge in [-0.15, -0.1) is 0 Å². The molecule has 1 aromatic carbocycles. The summed E-state index contributed by atoms with van der Waals surface area (Å²) in [6, 6.07) is 7.80. The van der Waals surface area contributed by atoms with Crippen LogP contribution in [0.1, 0.15) is 5.56 Å². The summed E-state index contributed by atoms with van der Waals surface area (Å²) in [6.07, 6.45) is 0.611. The highest BCUT2D eigenvalue weighted by molar-refractivity contribution is 9.10. The molecule has 0 aliphatic rings. The van der Waals surface area contributed by atoms with E-state index in [1.165, 1.54) is 0 Å². The van der Waals surface area contributed by atoms with Crippen molar-refractivity contribution >= 4 is 22.3 Å². The number of halogens is 1. The molecule has 0 fully saturated rings. The van der Waals surface area contributed by atoms with Gasteiger partial charge in [-0.3, -0.25) is 4.79 Å². The molecular weight excluding hydrogens is 234 g/mol. The predicted molar refractivity (Wildman–Crippen MR) is 53.0 cm³/mol. The van der Waals surface area contributed by atoms with E-state index in [-0.39, 0.29) is 6.73 Å². The summed E-state index contributed by atoms with van der Waals surface area (Å²) in [4.78, 5) is 9.88. The lowest BCUT2D eigenvalue weighted by atomic mass is 10.2. The third-order valence-corrected chi connectivity index (χ3v) is 2.26. The molecule has 3 nitrogen and oxygen atoms in total. The monoisotopic (exact) mass is 243 g/mol. The molecule has 13 heavy (non-hydrogen) atoms. The van der Waals surface area contributed by atoms with E-state index in [4.69, 9.17) is 4.74 Å². The van der Waals surface area contributed by atoms with Gasteiger partial charge in [0.05, 0.1) is 6.61 Å². The average Bonchev–Trinajstić information content (AvgIpc) is 2.15. The Kier molecular flexibility index (Phi) is 4.49. The number of hydrogen-bond acceptors (Lipinski definition) is 2. The molecule has 0 heterocycles. The largest absolute Gasteiger partial charge is 0.357 e. The van der Waals surface area contributed by atoms with Crippen LogP contribution in [0.25, 0.3) is 0 Å². The van der Waals surface area contributed by atoms with E-state index in [1.807, 2.05) is 24.3 Å². The van der Waals surface area contributed by atoms with Crippen LogP contribution in [0.3, 0.4) is 0 Å². The number of amides is 1. The third-order valence-electron chi connectivity index (χ3n) is 1.48. The Hall–Kier alpha value is -0.870. The van der Waals surface area contributed by atoms with Gasteiger partial charge >= 0.3 is 0 Å². The molecule has 70 valence electrons. The van der Waals surface area contributed by atoms with Crippen molar-refractivity contribution in [3.8, 4) is 0 Å². The lowest BCUT2D eigenvalue weighted by molar-refractivity contribution is -0.111. The van der Waals surface area contributed by atoms with Gasteiger partial charge in [0, 0.05) is 4.47 Å². The Morgan fingerprint density at radius 3 is 2.92 bits per heavy atom. The van der Waals surface area contributed by atoms with Crippen LogP contribution in [0.5, 0.6) is 0 Å². The summed E-state index contributed by atoms with van der Waals surface area (Å²) < 4.78 is 6.18. The summed E-state index contributed by atoms with van der Waals surface area (Å²) in [5, 5.41) is 2.42. The van der Waals surface area contributed by atoms with Crippen LogP contribution < -0.4 is 5.32 Å². The lowest BCUT2D eigenvalue weighted by Crippen LogP contribution is -2.15. The van der Waals surface area contributed by atoms with Crippen molar-refractivity contribution in [2.45, 2.75) is 6.61 Å². The number of nitrogens with one attached hydrogen (secondary N) is 1. The molecule has 0 radical (unpaired) electrons. The van der Waals surface area contributed by atoms with Crippen LogP contribution in [0, 0.1) is 0 Å². The average molecular weight is 244 g/mol. The minimum Gasteiger partial charge on any atom is -0.357 e. The first-order valence-electron chi connectivity index (χ1n) is 3.83. The number of benzene rings is 1. The van der Waals surface area contributed by atoms with Crippen LogP contribution >= 0.6 is 15.9 Å². The predicted octanol–water partition coefficient (Wildman–Crippen LogP) is 1.67. The van der Waals surface area contributed by atoms with E-state index in [0.29, 0.717) is 13.0 Å². The van der Waals surface area contributed by atoms with E-state index in [9.17, 15) is 4.79 Å². The highest BCUT2D eigenvalue weighted by Gasteiger charge is 1.96. The first-order chi connectivity index (χ1) is 6.34. The molecule has 0 aliphatic carbocycles. The Bertz CT molecular complexity index is 278. The second kappa shape index (κ2) is 5.72. The van der Waals surface area contributed by atoms with Crippen LogP contribution in [-0.4, -0.2) is 13.1 Å². The molecule has 1 aromatic rings. The zero-order chi connectivity index (χ0) is 9.52. The van der Waals surface area contributed by atoms with Gasteiger partial charge < -0.3 is 10.1 Å². The SMILES string of the molecule is O=CNCOCc1ccccc1Br. The normalized spacial score (nSPS) is 9.62. The fourth-order valence-corrected chi connectivity index (χ4v) is 1.27. The second-order valence-corrected chi connectivity index (χ2v) is 3.26. The van der Waals surface area contributed by atoms with Gasteiger partial charge in [0.1, 0.15) is 6.73 Å². The van der Waals surface area contributed by atoms with Gasteiger partial charge in [-0.05, 0) is 11.6 Å². The zero-order valence-corrected chi connectivity index (χ0v) is 8.58. The van der Waals surface area contributed by atoms with E-state index in [1.54, 1.807) is 0 Å². The topological polar surface area (TPSA) is 38.3 Å². The molecule has 1 rings (SSSR count). The molecular formula is C9H10BrNO2. The van der Waals surface area contributed by atoms with Crippen molar-refractivity contribution in [1.29, 1.82) is 0 Å². The van der Waals surface area contributed by atoms with Gasteiger partial charge in [-0.2, -0.15) is 0 Å². The first-order valence-corrected chi connectivity index (χ1v) is 4.62. The lowest BCUT2D eigenvalue weighted by Gasteiger charge is -2.04. The van der Waals surface area contributed by atoms with Crippen molar-refractivity contribution in [3.05, 3.63) is 34.3 Å². The van der Waals surface area contributed by atoms with Gasteiger partial charge in [0.15, 0.2) is 0 Å². The summed E-state index contributed by atoms with van der Waals surface area (Å²) in [5.74, 6) is 0. The molecule has 0 bridgehead atoms. The summed E-state index contributed by atoms with van der Waals surface area (Å²) in [5.41, 5.74) is 1.06. The van der Waals surface area contributed by atoms with Gasteiger partial charge in [-0.1, -0.05) is 34.1 Å². The maximum Gasteiger partial charge on any atom is 0.208 e. The van der Waals surface area contributed by atoms with E-state index in [0.717, 1.165) is 10.0 Å². The number of rotatable bonds is 5. The highest BCUT2D eigenvalue weighted by atomic mass is 79.9. The van der Waals surface area contributed by atoms with Crippen molar-refractivity contribution < 1.29 is 9.53 Å². The highest BCUT2D eigenvalue weighted by Crippen LogP contribution is 2.16. The molecule has 0 atom stereocenters. The minimum absolute atomic E-state index is 0.241. The Morgan fingerprint density at radius 2 is 2.23 bits per heavy atom. The number of carbonyl (C=O) groups is 1. The molecule has 0 aliphatic heterocycles. The summed E-state index contributed by atoms with van der Waals surface area (Å²) in [6.45, 7) is 0.729. The maximum absolute atomic E-state index is 9.88. The number of ether oxygens (including phenoxy) is 1. The first kappa shape index (κ1) is 10.2. The maximum atomic E-state index is 9.88. The molecule has 0 saturated heterocycles. The third kappa shape index (κ3) is 3.57. The minimum atomic E-state index is 0.241. The van der Waals surface area contributed by atoms with Crippen molar-refractivity contribution in [2.75, 3.05) is 6.73 Å². The van der Waals surface area contributed by atoms with Crippen LogP contribution in [0.15, 0.2) is 28.7 Å². The fraction of sp³-hybridized carbons (Fsp3) is 0.222. The molecule has 0 spiro atoms. The summed E-state index contributed by atoms with van der Waals surface area (Å²) >= 11 is 3.40. The number of carbonyl (C=O) groups excluding carboxylic acids is 1. The van der Waals surface area contributed by atoms with E-state index < -0.39 is 0 Å². The molecule has 0 unspecified atom stereocenters. The second-order valence-electron chi connectivity index (χ2n) is 2.41. The molecule has 0 saturated carbocycles. The summed E-state index contributed by atoms with van der Waals surface area (Å²) in [7, 11) is 0. The molecule has 0 aromatic heterocycles. The zero-order valence-electron chi connectivity index (χ0n) is 7.00. The van der Waals surface area contributed by atoms with Crippen LogP contribution in [0.4, 0.5) is 0 Å². The van der Waals surface area contributed by atoms with Gasteiger partial charge in [0.2, 0.25) is 6.41 Å². The van der Waals surface area contributed by atoms with Crippen molar-refractivity contribution in [2.24, 2.45) is 0 Å². The fourth-order valence-electron chi connectivity index (χ4n) is 0.869. The quantitative estimate of drug-likeness (QED) is 0.486. The standard InChI is InChI=1S/C9H10BrNO2/c10-9-4-2-1-3-8(9)5-13-7-11-6-12/h1-4,6H,5,7H2,(H,11,12). The van der Waals surface area contributed by atoms with Gasteiger partial charge in [-0.25, -0.2) is 0 Å². The molecule has 1 N–H and O–H groups in total. The van der Waals surface area contributed by atoms with Crippen LogP contribution in [-0.2, 0) is 16.1 Å². The molecule has 4 heteroatoms. The molecule has 1 amide bonds. The van der Waals surface area contributed by atoms with E-state index in [2.05, 4.69) is 21.2 Å². The van der Waals surface area contributed by atoms with E-state index >= 15 is 0 Å². The van der Waals surface area contributed by atoms with Crippen molar-refractivity contribution in [1.82, 2.24) is 5.32 Å². The van der Waals surface area contributed by atoms with Gasteiger partial charge in [0.25, 0.3) is 0 Å². The van der Waals surface area contributed by atoms with Crippen LogP contribution in [0.2, 0.25) is 0 Å². The Balaban J connectivity index is 2.36. The van der Waals surface area contributed by atoms with Crippen molar-refractivity contribution in [3.63, 3.8) is 0 Å². The Morgan fingerprint density at radius 1 is 1.46 bits per heavy atom. The smallest absolute Gasteiger partial charge is 0.208 e.